The summed E-state index contributed by atoms with van der Waals surface area (Å²) in [6, 6.07) is 31.9. The summed E-state index contributed by atoms with van der Waals surface area (Å²) in [6.07, 6.45) is 3.72. The molecule has 1 heterocycles. The Labute approximate surface area is 182 Å². The molecule has 0 aromatic heterocycles. The molecule has 0 fully saturated rings. The Morgan fingerprint density at radius 2 is 1.39 bits per heavy atom. The van der Waals surface area contributed by atoms with E-state index in [0.717, 1.165) is 33.6 Å². The van der Waals surface area contributed by atoms with Gasteiger partial charge in [0.1, 0.15) is 29.2 Å². The summed E-state index contributed by atoms with van der Waals surface area (Å²) in [5.41, 5.74) is 4.93. The smallest absolute Gasteiger partial charge is 0.138 e. The van der Waals surface area contributed by atoms with Crippen LogP contribution >= 0.6 is 0 Å². The fraction of sp³-hybridized carbons (Fsp3) is 0.0714. The monoisotopic (exact) mass is 400 g/mol. The first-order valence-corrected chi connectivity index (χ1v) is 10.0. The van der Waals surface area contributed by atoms with Crippen molar-refractivity contribution < 1.29 is 4.74 Å². The van der Waals surface area contributed by atoms with E-state index in [9.17, 15) is 10.5 Å². The summed E-state index contributed by atoms with van der Waals surface area (Å²) in [4.78, 5) is 0. The Morgan fingerprint density at radius 1 is 0.806 bits per heavy atom. The Morgan fingerprint density at radius 3 is 2.00 bits per heavy atom. The van der Waals surface area contributed by atoms with Gasteiger partial charge in [0, 0.05) is 22.6 Å². The van der Waals surface area contributed by atoms with Gasteiger partial charge in [-0.3, -0.25) is 0 Å². The van der Waals surface area contributed by atoms with Crippen molar-refractivity contribution in [3.05, 3.63) is 130 Å². The molecule has 0 radical (unpaired) electrons. The molecular weight excluding hydrogens is 380 g/mol. The van der Waals surface area contributed by atoms with E-state index in [1.54, 1.807) is 6.08 Å². The molecule has 1 atom stereocenters. The van der Waals surface area contributed by atoms with Gasteiger partial charge in [-0.1, -0.05) is 84.9 Å². The van der Waals surface area contributed by atoms with Gasteiger partial charge in [0.15, 0.2) is 0 Å². The van der Waals surface area contributed by atoms with E-state index in [0.29, 0.717) is 5.76 Å². The van der Waals surface area contributed by atoms with Gasteiger partial charge in [0.05, 0.1) is 0 Å². The van der Waals surface area contributed by atoms with Crippen molar-refractivity contribution >= 4 is 11.5 Å². The number of rotatable bonds is 4. The van der Waals surface area contributed by atoms with Crippen LogP contribution in [0.5, 0.6) is 0 Å². The lowest BCUT2D eigenvalue weighted by molar-refractivity contribution is 0.454. The fourth-order valence-corrected chi connectivity index (χ4v) is 3.75. The number of nitrogens with zero attached hydrogens (tertiary/aromatic N) is 2. The molecule has 148 valence electrons. The average Bonchev–Trinajstić information content (AvgIpc) is 2.84. The molecule has 1 aliphatic heterocycles. The Balaban J connectivity index is 2.00. The summed E-state index contributed by atoms with van der Waals surface area (Å²) in [6.45, 7) is 2.07. The quantitative estimate of drug-likeness (QED) is 0.468. The van der Waals surface area contributed by atoms with Crippen LogP contribution in [0.15, 0.2) is 108 Å². The molecule has 0 aliphatic carbocycles. The van der Waals surface area contributed by atoms with Crippen LogP contribution < -0.4 is 0 Å². The third kappa shape index (κ3) is 4.17. The van der Waals surface area contributed by atoms with Crippen molar-refractivity contribution in [1.29, 1.82) is 10.5 Å². The molecule has 0 spiro atoms. The van der Waals surface area contributed by atoms with Crippen LogP contribution in [-0.4, -0.2) is 0 Å². The lowest BCUT2D eigenvalue weighted by Crippen LogP contribution is -2.12. The second kappa shape index (κ2) is 8.99. The van der Waals surface area contributed by atoms with Crippen molar-refractivity contribution in [3.8, 4) is 12.1 Å². The predicted molar refractivity (Wildman–Crippen MR) is 122 cm³/mol. The highest BCUT2D eigenvalue weighted by molar-refractivity contribution is 5.79. The van der Waals surface area contributed by atoms with Gasteiger partial charge in [-0.05, 0) is 30.2 Å². The van der Waals surface area contributed by atoms with Gasteiger partial charge in [0.25, 0.3) is 0 Å². The molecule has 0 N–H and O–H groups in total. The minimum Gasteiger partial charge on any atom is -0.456 e. The third-order valence-corrected chi connectivity index (χ3v) is 5.29. The van der Waals surface area contributed by atoms with Crippen LogP contribution in [0.2, 0.25) is 0 Å². The Kier molecular flexibility index (Phi) is 5.79. The van der Waals surface area contributed by atoms with Gasteiger partial charge < -0.3 is 4.74 Å². The highest BCUT2D eigenvalue weighted by atomic mass is 16.5. The van der Waals surface area contributed by atoms with Crippen molar-refractivity contribution in [2.24, 2.45) is 0 Å². The molecule has 31 heavy (non-hydrogen) atoms. The maximum absolute atomic E-state index is 9.44. The number of hydrogen-bond donors (Lipinski definition) is 0. The zero-order chi connectivity index (χ0) is 21.6. The van der Waals surface area contributed by atoms with E-state index in [-0.39, 0.29) is 11.5 Å². The molecular formula is C28H20N2O. The number of benzene rings is 3. The lowest BCUT2D eigenvalue weighted by Gasteiger charge is -2.28. The molecule has 0 unspecified atom stereocenters. The molecule has 3 aromatic rings. The second-order valence-corrected chi connectivity index (χ2v) is 7.27. The van der Waals surface area contributed by atoms with E-state index in [1.807, 2.05) is 84.9 Å². The van der Waals surface area contributed by atoms with Crippen LogP contribution in [0, 0.1) is 29.6 Å². The zero-order valence-electron chi connectivity index (χ0n) is 17.1. The summed E-state index contributed by atoms with van der Waals surface area (Å²) in [7, 11) is 0. The van der Waals surface area contributed by atoms with Crippen LogP contribution in [0.3, 0.4) is 0 Å². The predicted octanol–water partition coefficient (Wildman–Crippen LogP) is 6.53. The summed E-state index contributed by atoms with van der Waals surface area (Å²) in [5, 5.41) is 18.9. The molecule has 0 bridgehead atoms. The third-order valence-electron chi connectivity index (χ3n) is 5.29. The van der Waals surface area contributed by atoms with Crippen molar-refractivity contribution in [1.82, 2.24) is 0 Å². The fourth-order valence-electron chi connectivity index (χ4n) is 3.75. The highest BCUT2D eigenvalue weighted by Crippen LogP contribution is 2.43. The minimum absolute atomic E-state index is 0.0437. The molecule has 0 saturated heterocycles. The average molecular weight is 400 g/mol. The van der Waals surface area contributed by atoms with Crippen molar-refractivity contribution in [2.75, 3.05) is 0 Å². The summed E-state index contributed by atoms with van der Waals surface area (Å²) in [5.74, 6) is 1.23. The molecule has 3 aromatic carbocycles. The molecule has 1 aliphatic rings. The van der Waals surface area contributed by atoms with Gasteiger partial charge in [0.2, 0.25) is 0 Å². The summed E-state index contributed by atoms with van der Waals surface area (Å²) < 4.78 is 6.43. The number of ether oxygens (including phenoxy) is 1. The molecule has 4 rings (SSSR count). The van der Waals surface area contributed by atoms with Crippen molar-refractivity contribution in [2.45, 2.75) is 12.8 Å². The van der Waals surface area contributed by atoms with Crippen LogP contribution in [0.4, 0.5) is 0 Å². The van der Waals surface area contributed by atoms with Crippen LogP contribution in [-0.2, 0) is 4.74 Å². The first-order valence-electron chi connectivity index (χ1n) is 10.0. The summed E-state index contributed by atoms with van der Waals surface area (Å²) >= 11 is 0. The number of allylic oxidation sites excluding steroid dienone is 4. The van der Waals surface area contributed by atoms with E-state index in [4.69, 9.17) is 4.74 Å². The topological polar surface area (TPSA) is 56.8 Å². The molecule has 3 nitrogen and oxygen atoms in total. The number of aryl methyl sites for hydroxylation is 1. The van der Waals surface area contributed by atoms with Gasteiger partial charge in [-0.15, -0.1) is 0 Å². The molecule has 0 amide bonds. The SMILES string of the molecule is Cc1ccccc1[C@@H]1C=C(c2ccccc2)OC(c2ccccc2)=C1C=C(C#N)C#N. The largest absolute Gasteiger partial charge is 0.456 e. The first kappa shape index (κ1) is 20.0. The Bertz CT molecular complexity index is 1250. The highest BCUT2D eigenvalue weighted by Gasteiger charge is 2.28. The van der Waals surface area contributed by atoms with E-state index >= 15 is 0 Å². The van der Waals surface area contributed by atoms with Crippen LogP contribution in [0.25, 0.3) is 11.5 Å². The van der Waals surface area contributed by atoms with E-state index in [1.165, 1.54) is 0 Å². The molecule has 0 saturated carbocycles. The maximum atomic E-state index is 9.44. The zero-order valence-corrected chi connectivity index (χ0v) is 17.1. The van der Waals surface area contributed by atoms with Crippen molar-refractivity contribution in [3.63, 3.8) is 0 Å². The maximum Gasteiger partial charge on any atom is 0.138 e. The van der Waals surface area contributed by atoms with Gasteiger partial charge in [-0.25, -0.2) is 0 Å². The van der Waals surface area contributed by atoms with Gasteiger partial charge in [-0.2, -0.15) is 10.5 Å². The Hall–Kier alpha value is -4.34. The number of hydrogen-bond acceptors (Lipinski definition) is 3. The van der Waals surface area contributed by atoms with E-state index < -0.39 is 0 Å². The lowest BCUT2D eigenvalue weighted by atomic mass is 9.83. The normalized spacial score (nSPS) is 15.2. The first-order chi connectivity index (χ1) is 15.2. The molecule has 3 heteroatoms. The number of nitriles is 2. The second-order valence-electron chi connectivity index (χ2n) is 7.27. The van der Waals surface area contributed by atoms with Gasteiger partial charge >= 0.3 is 0 Å². The minimum atomic E-state index is -0.169. The van der Waals surface area contributed by atoms with Crippen LogP contribution in [0.1, 0.15) is 28.2 Å². The van der Waals surface area contributed by atoms with E-state index in [2.05, 4.69) is 25.1 Å². The standard InChI is InChI=1S/C28H20N2O/c1-20-10-8-9-15-24(20)25-17-27(22-11-4-2-5-12-22)31-28(23-13-6-3-7-14-23)26(25)16-21(18-29)19-30/h2-17,25H,1H3/t25-/m0/s1.